The molecule has 0 unspecified atom stereocenters. The van der Waals surface area contributed by atoms with E-state index in [-0.39, 0.29) is 0 Å². The number of benzene rings is 2. The van der Waals surface area contributed by atoms with Gasteiger partial charge in [0.05, 0.1) is 13.2 Å². The highest BCUT2D eigenvalue weighted by Gasteiger charge is 2.16. The molecule has 0 amide bonds. The maximum atomic E-state index is 5.74. The van der Waals surface area contributed by atoms with Crippen LogP contribution in [0.5, 0.6) is 0 Å². The van der Waals surface area contributed by atoms with Gasteiger partial charge < -0.3 is 9.47 Å². The highest BCUT2D eigenvalue weighted by Crippen LogP contribution is 2.32. The normalized spacial score (nSPS) is 18.7. The Morgan fingerprint density at radius 3 is 2.38 bits per heavy atom. The number of rotatable bonds is 0. The summed E-state index contributed by atoms with van der Waals surface area (Å²) in [6, 6.07) is 7.11. The topological polar surface area (TPSA) is 18.5 Å². The van der Waals surface area contributed by atoms with E-state index in [0.717, 1.165) is 52.1 Å². The van der Waals surface area contributed by atoms with E-state index in [4.69, 9.17) is 9.47 Å². The van der Waals surface area contributed by atoms with Gasteiger partial charge in [0, 0.05) is 13.2 Å². The maximum Gasteiger partial charge on any atom is 0.0719 e. The third kappa shape index (κ3) is 2.37. The van der Waals surface area contributed by atoms with E-state index in [2.05, 4.69) is 25.1 Å². The Morgan fingerprint density at radius 2 is 1.52 bits per heavy atom. The molecule has 0 aromatic heterocycles. The lowest BCUT2D eigenvalue weighted by molar-refractivity contribution is 0.125. The summed E-state index contributed by atoms with van der Waals surface area (Å²) >= 11 is 0. The Morgan fingerprint density at radius 1 is 0.810 bits per heavy atom. The van der Waals surface area contributed by atoms with Gasteiger partial charge in [0.25, 0.3) is 0 Å². The molecule has 2 aliphatic heterocycles. The standard InChI is InChI=1S/C19H22O2/c1-13-18-5-3-7-21-12-17(18)9-15-8-14-4-2-6-20-11-16(14)10-19(13)15/h8-10H,2-7,11-12H2,1H3. The van der Waals surface area contributed by atoms with Crippen LogP contribution in [0, 0.1) is 6.92 Å². The summed E-state index contributed by atoms with van der Waals surface area (Å²) < 4.78 is 11.5. The molecule has 0 aliphatic carbocycles. The molecule has 2 aromatic rings. The van der Waals surface area contributed by atoms with E-state index < -0.39 is 0 Å². The average molecular weight is 282 g/mol. The molecule has 2 aliphatic rings. The Labute approximate surface area is 126 Å². The van der Waals surface area contributed by atoms with Crippen molar-refractivity contribution < 1.29 is 9.47 Å². The summed E-state index contributed by atoms with van der Waals surface area (Å²) in [5, 5.41) is 2.78. The number of aryl methyl sites for hydroxylation is 2. The van der Waals surface area contributed by atoms with Crippen molar-refractivity contribution >= 4 is 10.8 Å². The van der Waals surface area contributed by atoms with Gasteiger partial charge in [-0.2, -0.15) is 0 Å². The van der Waals surface area contributed by atoms with Crippen LogP contribution in [0.3, 0.4) is 0 Å². The second-order valence-electron chi connectivity index (χ2n) is 6.29. The molecule has 0 radical (unpaired) electrons. The smallest absolute Gasteiger partial charge is 0.0719 e. The zero-order chi connectivity index (χ0) is 14.2. The first kappa shape index (κ1) is 13.3. The van der Waals surface area contributed by atoms with Crippen LogP contribution in [0.15, 0.2) is 18.2 Å². The van der Waals surface area contributed by atoms with Crippen molar-refractivity contribution in [2.75, 3.05) is 13.2 Å². The van der Waals surface area contributed by atoms with Crippen LogP contribution in [0.1, 0.15) is 40.7 Å². The molecule has 2 nitrogen and oxygen atoms in total. The van der Waals surface area contributed by atoms with Gasteiger partial charge in [-0.15, -0.1) is 0 Å². The van der Waals surface area contributed by atoms with E-state index in [0.29, 0.717) is 0 Å². The highest BCUT2D eigenvalue weighted by molar-refractivity contribution is 5.89. The number of hydrogen-bond acceptors (Lipinski definition) is 2. The van der Waals surface area contributed by atoms with E-state index >= 15 is 0 Å². The van der Waals surface area contributed by atoms with Crippen LogP contribution < -0.4 is 0 Å². The first-order valence-electron chi connectivity index (χ1n) is 8.05. The molecular weight excluding hydrogens is 260 g/mol. The Balaban J connectivity index is 1.93. The van der Waals surface area contributed by atoms with Gasteiger partial charge in [0.1, 0.15) is 0 Å². The van der Waals surface area contributed by atoms with E-state index in [9.17, 15) is 0 Å². The summed E-state index contributed by atoms with van der Waals surface area (Å²) in [4.78, 5) is 0. The number of hydrogen-bond donors (Lipinski definition) is 0. The second kappa shape index (κ2) is 5.43. The molecule has 2 heterocycles. The van der Waals surface area contributed by atoms with Gasteiger partial charge in [-0.25, -0.2) is 0 Å². The SMILES string of the molecule is Cc1c2c(cc3cc4c(cc13)COCCC4)COCCC2. The van der Waals surface area contributed by atoms with Gasteiger partial charge in [-0.1, -0.05) is 6.07 Å². The van der Waals surface area contributed by atoms with Crippen LogP contribution in [0.25, 0.3) is 10.8 Å². The van der Waals surface area contributed by atoms with E-state index in [1.54, 1.807) is 0 Å². The molecule has 0 atom stereocenters. The molecule has 0 saturated carbocycles. The fourth-order valence-corrected chi connectivity index (χ4v) is 3.75. The number of ether oxygens (including phenoxy) is 2. The molecule has 21 heavy (non-hydrogen) atoms. The second-order valence-corrected chi connectivity index (χ2v) is 6.29. The summed E-state index contributed by atoms with van der Waals surface area (Å²) in [5.41, 5.74) is 7.19. The molecule has 2 heteroatoms. The summed E-state index contributed by atoms with van der Waals surface area (Å²) in [6.45, 7) is 5.58. The summed E-state index contributed by atoms with van der Waals surface area (Å²) in [7, 11) is 0. The molecule has 110 valence electrons. The minimum absolute atomic E-state index is 0.769. The van der Waals surface area contributed by atoms with Crippen molar-refractivity contribution in [2.45, 2.75) is 45.8 Å². The predicted molar refractivity (Wildman–Crippen MR) is 84.6 cm³/mol. The van der Waals surface area contributed by atoms with Crippen molar-refractivity contribution in [2.24, 2.45) is 0 Å². The fraction of sp³-hybridized carbons (Fsp3) is 0.474. The van der Waals surface area contributed by atoms with Gasteiger partial charge >= 0.3 is 0 Å². The zero-order valence-electron chi connectivity index (χ0n) is 12.7. The van der Waals surface area contributed by atoms with Crippen molar-refractivity contribution in [3.8, 4) is 0 Å². The summed E-state index contributed by atoms with van der Waals surface area (Å²) in [5.74, 6) is 0. The van der Waals surface area contributed by atoms with Gasteiger partial charge in [-0.3, -0.25) is 0 Å². The predicted octanol–water partition coefficient (Wildman–Crippen LogP) is 4.07. The quantitative estimate of drug-likeness (QED) is 0.725. The molecule has 2 aromatic carbocycles. The first-order chi connectivity index (χ1) is 10.3. The monoisotopic (exact) mass is 282 g/mol. The molecular formula is C19H22O2. The van der Waals surface area contributed by atoms with Crippen molar-refractivity contribution in [1.82, 2.24) is 0 Å². The molecule has 4 rings (SSSR count). The first-order valence-corrected chi connectivity index (χ1v) is 8.05. The zero-order valence-corrected chi connectivity index (χ0v) is 12.7. The summed E-state index contributed by atoms with van der Waals surface area (Å²) in [6.07, 6.45) is 4.54. The lowest BCUT2D eigenvalue weighted by Gasteiger charge is -2.15. The van der Waals surface area contributed by atoms with Crippen molar-refractivity contribution in [3.63, 3.8) is 0 Å². The van der Waals surface area contributed by atoms with E-state index in [1.165, 1.54) is 38.6 Å². The molecule has 0 bridgehead atoms. The van der Waals surface area contributed by atoms with Gasteiger partial charge in [0.15, 0.2) is 0 Å². The van der Waals surface area contributed by atoms with Gasteiger partial charge in [0.2, 0.25) is 0 Å². The third-order valence-electron chi connectivity index (χ3n) is 4.91. The maximum absolute atomic E-state index is 5.74. The number of fused-ring (bicyclic) bond motifs is 3. The van der Waals surface area contributed by atoms with Crippen LogP contribution in [-0.2, 0) is 35.5 Å². The highest BCUT2D eigenvalue weighted by atomic mass is 16.5. The van der Waals surface area contributed by atoms with Crippen LogP contribution in [0.2, 0.25) is 0 Å². The molecule has 0 fully saturated rings. The lowest BCUT2D eigenvalue weighted by Crippen LogP contribution is -1.99. The Bertz CT molecular complexity index is 683. The Kier molecular flexibility index (Phi) is 3.44. The third-order valence-corrected chi connectivity index (χ3v) is 4.91. The minimum Gasteiger partial charge on any atom is -0.377 e. The molecule has 0 N–H and O–H groups in total. The fourth-order valence-electron chi connectivity index (χ4n) is 3.75. The van der Waals surface area contributed by atoms with E-state index in [1.807, 2.05) is 0 Å². The Hall–Kier alpha value is -1.38. The molecule has 0 spiro atoms. The average Bonchev–Trinajstić information content (AvgIpc) is 2.85. The van der Waals surface area contributed by atoms with Crippen LogP contribution >= 0.6 is 0 Å². The molecule has 0 saturated heterocycles. The van der Waals surface area contributed by atoms with Crippen LogP contribution in [-0.4, -0.2) is 13.2 Å². The lowest BCUT2D eigenvalue weighted by atomic mass is 9.90. The van der Waals surface area contributed by atoms with Crippen molar-refractivity contribution in [3.05, 3.63) is 46.0 Å². The van der Waals surface area contributed by atoms with Gasteiger partial charge in [-0.05, 0) is 83.3 Å². The largest absolute Gasteiger partial charge is 0.377 e. The van der Waals surface area contributed by atoms with Crippen LogP contribution in [0.4, 0.5) is 0 Å². The minimum atomic E-state index is 0.769. The van der Waals surface area contributed by atoms with Crippen molar-refractivity contribution in [1.29, 1.82) is 0 Å².